The molecule has 3 heteroatoms. The first-order valence-corrected chi connectivity index (χ1v) is 7.83. The zero-order valence-electron chi connectivity index (χ0n) is 11.9. The van der Waals surface area contributed by atoms with Gasteiger partial charge in [0.15, 0.2) is 0 Å². The van der Waals surface area contributed by atoms with Crippen molar-refractivity contribution in [3.05, 3.63) is 44.3 Å². The molecular weight excluding hydrogens is 354 g/mol. The van der Waals surface area contributed by atoms with Gasteiger partial charge in [0.2, 0.25) is 0 Å². The van der Waals surface area contributed by atoms with E-state index >= 15 is 0 Å². The molecule has 0 N–H and O–H groups in total. The maximum Gasteiger partial charge on any atom is -1.00 e. The van der Waals surface area contributed by atoms with Gasteiger partial charge in [-0.2, -0.15) is 0 Å². The molecule has 0 nitrogen and oxygen atoms in total. The van der Waals surface area contributed by atoms with Crippen molar-refractivity contribution in [3.63, 3.8) is 0 Å². The fourth-order valence-electron chi connectivity index (χ4n) is 2.88. The van der Waals surface area contributed by atoms with Gasteiger partial charge in [-0.3, -0.25) is 0 Å². The van der Waals surface area contributed by atoms with E-state index in [1.807, 2.05) is 0 Å². The van der Waals surface area contributed by atoms with Gasteiger partial charge in [0.1, 0.15) is 0 Å². The molecule has 19 heavy (non-hydrogen) atoms. The van der Waals surface area contributed by atoms with Gasteiger partial charge < -0.3 is 24.8 Å². The topological polar surface area (TPSA) is 0 Å². The van der Waals surface area contributed by atoms with Crippen LogP contribution in [0.3, 0.4) is 0 Å². The van der Waals surface area contributed by atoms with E-state index in [4.69, 9.17) is 0 Å². The minimum absolute atomic E-state index is 0. The number of halogens is 2. The third-order valence-electron chi connectivity index (χ3n) is 4.12. The van der Waals surface area contributed by atoms with Crippen molar-refractivity contribution in [1.82, 2.24) is 0 Å². The Bertz CT molecular complexity index is 444. The van der Waals surface area contributed by atoms with Crippen LogP contribution < -0.4 is 24.8 Å². The first-order valence-electron chi connectivity index (χ1n) is 6.61. The molecule has 0 aromatic heterocycles. The van der Waals surface area contributed by atoms with E-state index in [2.05, 4.69) is 45.1 Å². The van der Waals surface area contributed by atoms with E-state index in [1.54, 1.807) is 44.7 Å². The third-order valence-corrected chi connectivity index (χ3v) is 5.54. The Morgan fingerprint density at radius 1 is 1.32 bits per heavy atom. The average molecular weight is 375 g/mol. The van der Waals surface area contributed by atoms with Crippen LogP contribution in [-0.2, 0) is 24.7 Å². The fraction of sp³-hybridized carbons (Fsp3) is 0.500. The summed E-state index contributed by atoms with van der Waals surface area (Å²) in [6, 6.07) is 0. The Balaban J connectivity index is 0.00000162. The molecular formula is C16H21Cl2Zr. The number of hydrogen-bond acceptors (Lipinski definition) is 0. The van der Waals surface area contributed by atoms with Gasteiger partial charge in [0.25, 0.3) is 0 Å². The third kappa shape index (κ3) is 3.75. The Hall–Kier alpha value is 0.423. The van der Waals surface area contributed by atoms with Crippen molar-refractivity contribution in [1.29, 1.82) is 0 Å². The van der Waals surface area contributed by atoms with Crippen LogP contribution in [0, 0.1) is 5.41 Å². The van der Waals surface area contributed by atoms with Crippen LogP contribution in [-0.4, -0.2) is 0 Å². The molecule has 0 aliphatic heterocycles. The Morgan fingerprint density at radius 3 is 2.53 bits per heavy atom. The number of allylic oxidation sites excluding steroid dienone is 8. The van der Waals surface area contributed by atoms with Crippen molar-refractivity contribution in [3.8, 4) is 0 Å². The van der Waals surface area contributed by atoms with Gasteiger partial charge >= 0.3 is 121 Å². The summed E-state index contributed by atoms with van der Waals surface area (Å²) in [6.07, 6.45) is 14.5. The van der Waals surface area contributed by atoms with Gasteiger partial charge in [-0.25, -0.2) is 0 Å². The van der Waals surface area contributed by atoms with E-state index in [0.29, 0.717) is 0 Å². The largest absolute Gasteiger partial charge is 1.00 e. The molecule has 0 fully saturated rings. The van der Waals surface area contributed by atoms with Crippen molar-refractivity contribution in [2.45, 2.75) is 46.5 Å². The molecule has 2 aliphatic carbocycles. The van der Waals surface area contributed by atoms with Gasteiger partial charge in [-0.05, 0) is 0 Å². The van der Waals surface area contributed by atoms with Crippen molar-refractivity contribution < 1.29 is 49.5 Å². The molecule has 0 saturated heterocycles. The Kier molecular flexibility index (Phi) is 8.19. The van der Waals surface area contributed by atoms with Gasteiger partial charge in [-0.15, -0.1) is 0 Å². The predicted molar refractivity (Wildman–Crippen MR) is 70.3 cm³/mol. The SMILES string of the molecule is CCCCC1=CC=CC1(C)C1=CC[C]([Zr+2])=C1C.[Cl-].[Cl-]. The zero-order valence-corrected chi connectivity index (χ0v) is 15.9. The maximum atomic E-state index is 2.45. The van der Waals surface area contributed by atoms with Crippen molar-refractivity contribution in [2.24, 2.45) is 5.41 Å². The summed E-state index contributed by atoms with van der Waals surface area (Å²) in [5, 5.41) is 0. The molecule has 1 unspecified atom stereocenters. The molecule has 1 atom stereocenters. The fourth-order valence-corrected chi connectivity index (χ4v) is 3.47. The monoisotopic (exact) mass is 373 g/mol. The molecule has 0 saturated carbocycles. The molecule has 0 aromatic rings. The second kappa shape index (κ2) is 8.01. The zero-order chi connectivity index (χ0) is 12.5. The maximum absolute atomic E-state index is 2.45. The predicted octanol–water partition coefficient (Wildman–Crippen LogP) is -1.16. The summed E-state index contributed by atoms with van der Waals surface area (Å²) in [6.45, 7) is 6.97. The minimum Gasteiger partial charge on any atom is -1.00 e. The van der Waals surface area contributed by atoms with Gasteiger partial charge in [0, 0.05) is 0 Å². The summed E-state index contributed by atoms with van der Waals surface area (Å²) >= 11 is 1.58. The smallest absolute Gasteiger partial charge is 1.00 e. The van der Waals surface area contributed by atoms with Crippen LogP contribution in [0.5, 0.6) is 0 Å². The van der Waals surface area contributed by atoms with Gasteiger partial charge in [-0.1, -0.05) is 0 Å². The molecule has 0 amide bonds. The summed E-state index contributed by atoms with van der Waals surface area (Å²) in [7, 11) is 0. The van der Waals surface area contributed by atoms with E-state index in [1.165, 1.54) is 25.7 Å². The molecule has 0 heterocycles. The Morgan fingerprint density at radius 2 is 2.00 bits per heavy atom. The summed E-state index contributed by atoms with van der Waals surface area (Å²) in [4.78, 5) is 0. The molecule has 0 bridgehead atoms. The van der Waals surface area contributed by atoms with Crippen LogP contribution in [0.2, 0.25) is 0 Å². The van der Waals surface area contributed by atoms with Crippen LogP contribution in [0.1, 0.15) is 46.5 Å². The molecule has 2 aliphatic rings. The quantitative estimate of drug-likeness (QED) is 0.582. The molecule has 103 valence electrons. The van der Waals surface area contributed by atoms with E-state index < -0.39 is 0 Å². The number of rotatable bonds is 4. The second-order valence-electron chi connectivity index (χ2n) is 5.28. The normalized spacial score (nSPS) is 24.9. The van der Waals surface area contributed by atoms with Crippen molar-refractivity contribution in [2.75, 3.05) is 0 Å². The average Bonchev–Trinajstić information content (AvgIpc) is 2.83. The first kappa shape index (κ1) is 19.4. The summed E-state index contributed by atoms with van der Waals surface area (Å²) < 4.78 is 1.63. The first-order chi connectivity index (χ1) is 8.09. The minimum atomic E-state index is 0. The number of unbranched alkanes of at least 4 members (excludes halogenated alkanes) is 1. The molecule has 2 rings (SSSR count). The van der Waals surface area contributed by atoms with Crippen LogP contribution >= 0.6 is 0 Å². The van der Waals surface area contributed by atoms with Crippen LogP contribution in [0.4, 0.5) is 0 Å². The standard InChI is InChI=1S/C16H21.2ClH.Zr/c1-4-5-9-14-10-7-12-16(14,3)15-11-6-8-13(15)2;;;/h7,10-12H,4-6,9H2,1-3H3;2*1H;/q;;;+2/p-2. The number of hydrogen-bond donors (Lipinski definition) is 0. The van der Waals surface area contributed by atoms with E-state index in [-0.39, 0.29) is 30.2 Å². The molecule has 0 spiro atoms. The summed E-state index contributed by atoms with van der Waals surface area (Å²) in [5.74, 6) is 0. The van der Waals surface area contributed by atoms with Gasteiger partial charge in [0.05, 0.1) is 0 Å². The Labute approximate surface area is 145 Å². The molecule has 0 radical (unpaired) electrons. The van der Waals surface area contributed by atoms with Crippen LogP contribution in [0.15, 0.2) is 44.3 Å². The van der Waals surface area contributed by atoms with E-state index in [0.717, 1.165) is 0 Å². The summed E-state index contributed by atoms with van der Waals surface area (Å²) in [5.41, 5.74) is 4.92. The van der Waals surface area contributed by atoms with Crippen molar-refractivity contribution >= 4 is 0 Å². The second-order valence-corrected chi connectivity index (χ2v) is 6.77. The van der Waals surface area contributed by atoms with Crippen LogP contribution in [0.25, 0.3) is 0 Å². The molecule has 0 aromatic carbocycles. The van der Waals surface area contributed by atoms with E-state index in [9.17, 15) is 0 Å².